The van der Waals surface area contributed by atoms with Crippen molar-refractivity contribution in [2.75, 3.05) is 6.54 Å². The Balaban J connectivity index is 2.35. The molecule has 1 aromatic heterocycles. The van der Waals surface area contributed by atoms with Gasteiger partial charge in [-0.25, -0.2) is 4.39 Å². The van der Waals surface area contributed by atoms with Gasteiger partial charge >= 0.3 is 0 Å². The van der Waals surface area contributed by atoms with Gasteiger partial charge in [0.15, 0.2) is 0 Å². The highest BCUT2D eigenvalue weighted by Gasteiger charge is 2.16. The van der Waals surface area contributed by atoms with E-state index in [0.717, 1.165) is 29.8 Å². The Kier molecular flexibility index (Phi) is 6.23. The van der Waals surface area contributed by atoms with E-state index in [1.807, 2.05) is 0 Å². The first-order chi connectivity index (χ1) is 10.1. The first-order valence-corrected chi connectivity index (χ1v) is 9.03. The molecule has 1 nitrogen and oxygen atoms in total. The van der Waals surface area contributed by atoms with Crippen LogP contribution < -0.4 is 5.32 Å². The fourth-order valence-electron chi connectivity index (χ4n) is 2.33. The van der Waals surface area contributed by atoms with Gasteiger partial charge in [0.25, 0.3) is 0 Å². The maximum absolute atomic E-state index is 13.3. The molecule has 1 atom stereocenters. The third kappa shape index (κ3) is 4.07. The highest BCUT2D eigenvalue weighted by Crippen LogP contribution is 2.41. The predicted octanol–water partition coefficient (Wildman–Crippen LogP) is 6.42. The van der Waals surface area contributed by atoms with Gasteiger partial charge in [-0.2, -0.15) is 0 Å². The van der Waals surface area contributed by atoms with Crippen molar-refractivity contribution >= 4 is 38.9 Å². The van der Waals surface area contributed by atoms with E-state index in [4.69, 9.17) is 11.6 Å². The molecule has 1 N–H and O–H groups in total. The second-order valence-corrected chi connectivity index (χ2v) is 7.22. The van der Waals surface area contributed by atoms with Crippen molar-refractivity contribution in [2.24, 2.45) is 0 Å². The van der Waals surface area contributed by atoms with E-state index in [0.29, 0.717) is 15.5 Å². The van der Waals surface area contributed by atoms with Crippen LogP contribution in [0.4, 0.5) is 4.39 Å². The molecule has 114 valence electrons. The topological polar surface area (TPSA) is 12.0 Å². The fourth-order valence-corrected chi connectivity index (χ4v) is 4.78. The summed E-state index contributed by atoms with van der Waals surface area (Å²) < 4.78 is 14.0. The minimum Gasteiger partial charge on any atom is -0.310 e. The Bertz CT molecular complexity index is 585. The summed E-state index contributed by atoms with van der Waals surface area (Å²) in [5, 5.41) is 3.94. The number of nitrogens with one attached hydrogen (secondary N) is 1. The standard InChI is InChI=1S/C16H18BrClFNS/c1-3-5-13(20-4-2)14-6-7-15(21-14)16-11(17)8-10(19)9-12(16)18/h6-9,13,20H,3-5H2,1-2H3. The van der Waals surface area contributed by atoms with E-state index in [1.165, 1.54) is 17.0 Å². The van der Waals surface area contributed by atoms with Crippen LogP contribution in [0.2, 0.25) is 5.02 Å². The molecule has 0 aliphatic rings. The Morgan fingerprint density at radius 3 is 2.71 bits per heavy atom. The van der Waals surface area contributed by atoms with E-state index in [9.17, 15) is 4.39 Å². The van der Waals surface area contributed by atoms with Crippen LogP contribution in [0.1, 0.15) is 37.6 Å². The van der Waals surface area contributed by atoms with Crippen molar-refractivity contribution in [1.29, 1.82) is 0 Å². The molecule has 1 unspecified atom stereocenters. The van der Waals surface area contributed by atoms with Gasteiger partial charge in [-0.1, -0.05) is 31.9 Å². The summed E-state index contributed by atoms with van der Waals surface area (Å²) >= 11 is 11.3. The Labute approximate surface area is 142 Å². The molecule has 0 bridgehead atoms. The fraction of sp³-hybridized carbons (Fsp3) is 0.375. The zero-order chi connectivity index (χ0) is 15.4. The first-order valence-electron chi connectivity index (χ1n) is 7.04. The summed E-state index contributed by atoms with van der Waals surface area (Å²) in [6.45, 7) is 5.25. The van der Waals surface area contributed by atoms with Gasteiger partial charge in [0.05, 0.1) is 5.02 Å². The molecule has 0 fully saturated rings. The first kappa shape index (κ1) is 16.9. The lowest BCUT2D eigenvalue weighted by atomic mass is 10.1. The van der Waals surface area contributed by atoms with E-state index in [-0.39, 0.29) is 5.82 Å². The summed E-state index contributed by atoms with van der Waals surface area (Å²) in [4.78, 5) is 2.35. The quantitative estimate of drug-likeness (QED) is 0.600. The van der Waals surface area contributed by atoms with Crippen LogP contribution >= 0.6 is 38.9 Å². The van der Waals surface area contributed by atoms with Crippen molar-refractivity contribution in [2.45, 2.75) is 32.7 Å². The molecule has 0 aliphatic carbocycles. The SMILES string of the molecule is CCCC(NCC)c1ccc(-c2c(Cl)cc(F)cc2Br)s1. The predicted molar refractivity (Wildman–Crippen MR) is 93.7 cm³/mol. The minimum atomic E-state index is -0.330. The van der Waals surface area contributed by atoms with E-state index >= 15 is 0 Å². The smallest absolute Gasteiger partial charge is 0.125 e. The number of hydrogen-bond donors (Lipinski definition) is 1. The molecule has 5 heteroatoms. The van der Waals surface area contributed by atoms with Gasteiger partial charge in [0, 0.05) is 25.8 Å². The maximum atomic E-state index is 13.3. The zero-order valence-electron chi connectivity index (χ0n) is 12.1. The average Bonchev–Trinajstić information content (AvgIpc) is 2.86. The van der Waals surface area contributed by atoms with Crippen molar-refractivity contribution in [1.82, 2.24) is 5.32 Å². The monoisotopic (exact) mass is 389 g/mol. The highest BCUT2D eigenvalue weighted by molar-refractivity contribution is 9.10. The largest absolute Gasteiger partial charge is 0.310 e. The molecular weight excluding hydrogens is 373 g/mol. The summed E-state index contributed by atoms with van der Waals surface area (Å²) in [7, 11) is 0. The summed E-state index contributed by atoms with van der Waals surface area (Å²) in [6.07, 6.45) is 2.23. The van der Waals surface area contributed by atoms with Gasteiger partial charge in [-0.15, -0.1) is 11.3 Å². The van der Waals surface area contributed by atoms with Gasteiger partial charge in [-0.3, -0.25) is 0 Å². The lowest BCUT2D eigenvalue weighted by Crippen LogP contribution is -2.19. The van der Waals surface area contributed by atoms with Crippen molar-refractivity contribution in [3.8, 4) is 10.4 Å². The summed E-state index contributed by atoms with van der Waals surface area (Å²) in [5.74, 6) is -0.330. The number of rotatable bonds is 6. The van der Waals surface area contributed by atoms with Crippen molar-refractivity contribution in [3.05, 3.63) is 44.5 Å². The number of thiophene rings is 1. The third-order valence-electron chi connectivity index (χ3n) is 3.25. The minimum absolute atomic E-state index is 0.330. The van der Waals surface area contributed by atoms with Crippen LogP contribution in [-0.2, 0) is 0 Å². The molecule has 0 saturated carbocycles. The molecule has 0 spiro atoms. The van der Waals surface area contributed by atoms with Crippen LogP contribution in [-0.4, -0.2) is 6.54 Å². The van der Waals surface area contributed by atoms with Crippen LogP contribution in [0.3, 0.4) is 0 Å². The molecule has 2 aromatic rings. The molecule has 21 heavy (non-hydrogen) atoms. The second kappa shape index (κ2) is 7.73. The van der Waals surface area contributed by atoms with Crippen molar-refractivity contribution < 1.29 is 4.39 Å². The molecule has 1 heterocycles. The van der Waals surface area contributed by atoms with Gasteiger partial charge < -0.3 is 5.32 Å². The van der Waals surface area contributed by atoms with Crippen LogP contribution in [0.5, 0.6) is 0 Å². The number of hydrogen-bond acceptors (Lipinski definition) is 2. The van der Waals surface area contributed by atoms with Crippen LogP contribution in [0, 0.1) is 5.82 Å². The molecule has 2 rings (SSSR count). The molecule has 0 saturated heterocycles. The van der Waals surface area contributed by atoms with Gasteiger partial charge in [0.2, 0.25) is 0 Å². The Hall–Kier alpha value is -0.420. The van der Waals surface area contributed by atoms with Crippen LogP contribution in [0.15, 0.2) is 28.7 Å². The lowest BCUT2D eigenvalue weighted by molar-refractivity contribution is 0.516. The highest BCUT2D eigenvalue weighted by atomic mass is 79.9. The van der Waals surface area contributed by atoms with E-state index < -0.39 is 0 Å². The van der Waals surface area contributed by atoms with E-state index in [1.54, 1.807) is 11.3 Å². The van der Waals surface area contributed by atoms with E-state index in [2.05, 4.69) is 47.2 Å². The molecule has 0 aliphatic heterocycles. The normalized spacial score (nSPS) is 12.6. The number of halogens is 3. The summed E-state index contributed by atoms with van der Waals surface area (Å²) in [6, 6.07) is 7.37. The molecule has 1 aromatic carbocycles. The van der Waals surface area contributed by atoms with Gasteiger partial charge in [-0.05, 0) is 53.2 Å². The number of benzene rings is 1. The Morgan fingerprint density at radius 2 is 2.10 bits per heavy atom. The summed E-state index contributed by atoms with van der Waals surface area (Å²) in [5.41, 5.74) is 0.862. The Morgan fingerprint density at radius 1 is 1.33 bits per heavy atom. The zero-order valence-corrected chi connectivity index (χ0v) is 15.2. The maximum Gasteiger partial charge on any atom is 0.125 e. The molecule has 0 radical (unpaired) electrons. The van der Waals surface area contributed by atoms with Crippen molar-refractivity contribution in [3.63, 3.8) is 0 Å². The average molecular weight is 391 g/mol. The van der Waals surface area contributed by atoms with Crippen LogP contribution in [0.25, 0.3) is 10.4 Å². The lowest BCUT2D eigenvalue weighted by Gasteiger charge is -2.15. The molecule has 0 amide bonds. The second-order valence-electron chi connectivity index (χ2n) is 4.85. The molecular formula is C16H18BrClFNS. The third-order valence-corrected chi connectivity index (χ3v) is 5.39. The van der Waals surface area contributed by atoms with Gasteiger partial charge in [0.1, 0.15) is 5.82 Å².